The van der Waals surface area contributed by atoms with Gasteiger partial charge in [-0.3, -0.25) is 0 Å². The van der Waals surface area contributed by atoms with Crippen LogP contribution in [0.3, 0.4) is 0 Å². The minimum Gasteiger partial charge on any atom is -0.211 e. The molecular weight excluding hydrogens is 260 g/mol. The number of hydrogen-bond donors (Lipinski definition) is 0. The Hall–Kier alpha value is -1.25. The van der Waals surface area contributed by atoms with E-state index in [4.69, 9.17) is 11.6 Å². The van der Waals surface area contributed by atoms with Crippen molar-refractivity contribution in [3.05, 3.63) is 34.3 Å². The van der Waals surface area contributed by atoms with E-state index in [2.05, 4.69) is 4.99 Å². The van der Waals surface area contributed by atoms with E-state index in [-0.39, 0.29) is 10.6 Å². The first-order valence-corrected chi connectivity index (χ1v) is 6.14. The molecule has 1 aromatic carbocycles. The molecule has 0 spiro atoms. The number of isocyanates is 1. The van der Waals surface area contributed by atoms with Crippen LogP contribution in [0.5, 0.6) is 0 Å². The molecule has 0 unspecified atom stereocenters. The second-order valence-electron chi connectivity index (χ2n) is 4.48. The van der Waals surface area contributed by atoms with Gasteiger partial charge in [0.2, 0.25) is 6.08 Å². The average Bonchev–Trinajstić information content (AvgIpc) is 2.78. The van der Waals surface area contributed by atoms with Gasteiger partial charge in [-0.05, 0) is 24.5 Å². The Bertz CT molecular complexity index is 492. The van der Waals surface area contributed by atoms with Crippen molar-refractivity contribution >= 4 is 17.7 Å². The molecule has 0 heterocycles. The molecule has 0 aliphatic heterocycles. The fraction of sp³-hybridized carbons (Fsp3) is 0.462. The topological polar surface area (TPSA) is 29.4 Å². The molecule has 18 heavy (non-hydrogen) atoms. The van der Waals surface area contributed by atoms with E-state index in [1.807, 2.05) is 0 Å². The quantitative estimate of drug-likeness (QED) is 0.592. The summed E-state index contributed by atoms with van der Waals surface area (Å²) in [5.41, 5.74) is -0.138. The predicted octanol–water partition coefficient (Wildman–Crippen LogP) is 4.38. The summed E-state index contributed by atoms with van der Waals surface area (Å²) in [5.74, 6) is 0. The van der Waals surface area contributed by atoms with Crippen LogP contribution in [0.15, 0.2) is 23.2 Å². The van der Waals surface area contributed by atoms with E-state index >= 15 is 0 Å². The minimum absolute atomic E-state index is 0.119. The number of nitrogens with zero attached hydrogens (tertiary/aromatic N) is 1. The summed E-state index contributed by atoms with van der Waals surface area (Å²) >= 11 is 6.06. The molecular formula is C13H12ClF2NO. The van der Waals surface area contributed by atoms with Gasteiger partial charge in [0.1, 0.15) is 0 Å². The van der Waals surface area contributed by atoms with Gasteiger partial charge in [0.05, 0.1) is 5.54 Å². The Morgan fingerprint density at radius 1 is 1.33 bits per heavy atom. The van der Waals surface area contributed by atoms with Gasteiger partial charge in [0.25, 0.3) is 6.43 Å². The zero-order chi connectivity index (χ0) is 13.2. The van der Waals surface area contributed by atoms with Crippen LogP contribution in [0, 0.1) is 0 Å². The van der Waals surface area contributed by atoms with Gasteiger partial charge >= 0.3 is 0 Å². The van der Waals surface area contributed by atoms with Crippen molar-refractivity contribution in [3.8, 4) is 0 Å². The summed E-state index contributed by atoms with van der Waals surface area (Å²) in [4.78, 5) is 14.5. The van der Waals surface area contributed by atoms with Crippen LogP contribution in [0.1, 0.15) is 43.2 Å². The molecule has 1 saturated carbocycles. The van der Waals surface area contributed by atoms with Crippen molar-refractivity contribution in [2.24, 2.45) is 4.99 Å². The third-order valence-electron chi connectivity index (χ3n) is 3.44. The van der Waals surface area contributed by atoms with Crippen molar-refractivity contribution in [2.75, 3.05) is 0 Å². The monoisotopic (exact) mass is 271 g/mol. The van der Waals surface area contributed by atoms with Gasteiger partial charge in [-0.15, -0.1) is 0 Å². The Balaban J connectivity index is 2.46. The largest absolute Gasteiger partial charge is 0.263 e. The molecule has 0 atom stereocenters. The summed E-state index contributed by atoms with van der Waals surface area (Å²) in [6.45, 7) is 0. The average molecular weight is 272 g/mol. The maximum Gasteiger partial charge on any atom is 0.263 e. The van der Waals surface area contributed by atoms with Gasteiger partial charge in [0, 0.05) is 10.6 Å². The van der Waals surface area contributed by atoms with Crippen LogP contribution in [-0.4, -0.2) is 6.08 Å². The smallest absolute Gasteiger partial charge is 0.211 e. The Morgan fingerprint density at radius 3 is 2.50 bits per heavy atom. The number of halogens is 3. The molecule has 1 aromatic rings. The lowest BCUT2D eigenvalue weighted by Crippen LogP contribution is -2.19. The first-order valence-electron chi connectivity index (χ1n) is 5.76. The van der Waals surface area contributed by atoms with Gasteiger partial charge in [0.15, 0.2) is 0 Å². The van der Waals surface area contributed by atoms with Crippen molar-refractivity contribution in [1.82, 2.24) is 0 Å². The first-order chi connectivity index (χ1) is 8.59. The van der Waals surface area contributed by atoms with E-state index in [1.165, 1.54) is 12.1 Å². The van der Waals surface area contributed by atoms with Crippen LogP contribution in [0.25, 0.3) is 0 Å². The van der Waals surface area contributed by atoms with E-state index in [1.54, 1.807) is 12.1 Å². The normalized spacial score (nSPS) is 17.8. The van der Waals surface area contributed by atoms with Crippen LogP contribution in [0.2, 0.25) is 5.02 Å². The second kappa shape index (κ2) is 5.17. The summed E-state index contributed by atoms with van der Waals surface area (Å²) in [6, 6.07) is 4.14. The molecule has 0 N–H and O–H groups in total. The molecule has 1 fully saturated rings. The number of aliphatic imine (C=N–C) groups is 1. The molecule has 1 aliphatic rings. The van der Waals surface area contributed by atoms with Crippen LogP contribution < -0.4 is 0 Å². The summed E-state index contributed by atoms with van der Waals surface area (Å²) in [7, 11) is 0. The lowest BCUT2D eigenvalue weighted by molar-refractivity contribution is 0.151. The molecule has 1 aliphatic carbocycles. The zero-order valence-corrected chi connectivity index (χ0v) is 10.4. The SMILES string of the molecule is O=C=NC1(c2ccc(C(F)F)cc2Cl)CCCC1. The number of benzene rings is 1. The van der Waals surface area contributed by atoms with Crippen molar-refractivity contribution in [2.45, 2.75) is 37.6 Å². The van der Waals surface area contributed by atoms with Crippen molar-refractivity contribution in [1.29, 1.82) is 0 Å². The van der Waals surface area contributed by atoms with E-state index in [0.29, 0.717) is 18.4 Å². The predicted molar refractivity (Wildman–Crippen MR) is 64.7 cm³/mol. The van der Waals surface area contributed by atoms with Gasteiger partial charge < -0.3 is 0 Å². The summed E-state index contributed by atoms with van der Waals surface area (Å²) < 4.78 is 25.1. The number of hydrogen-bond acceptors (Lipinski definition) is 2. The maximum atomic E-state index is 12.6. The Labute approximate surface area is 109 Å². The van der Waals surface area contributed by atoms with Gasteiger partial charge in [-0.1, -0.05) is 36.6 Å². The summed E-state index contributed by atoms with van der Waals surface area (Å²) in [6.07, 6.45) is 2.33. The minimum atomic E-state index is -2.55. The summed E-state index contributed by atoms with van der Waals surface area (Å²) in [5, 5.41) is 0.244. The molecule has 2 rings (SSSR count). The van der Waals surface area contributed by atoms with E-state index in [9.17, 15) is 13.6 Å². The van der Waals surface area contributed by atoms with Crippen LogP contribution in [0.4, 0.5) is 8.78 Å². The number of rotatable bonds is 3. The second-order valence-corrected chi connectivity index (χ2v) is 4.89. The highest BCUT2D eigenvalue weighted by atomic mass is 35.5. The van der Waals surface area contributed by atoms with Gasteiger partial charge in [-0.25, -0.2) is 13.6 Å². The van der Waals surface area contributed by atoms with Crippen LogP contribution >= 0.6 is 11.6 Å². The highest BCUT2D eigenvalue weighted by Gasteiger charge is 2.37. The first kappa shape index (κ1) is 13.2. The molecule has 96 valence electrons. The Morgan fingerprint density at radius 2 is 2.00 bits per heavy atom. The lowest BCUT2D eigenvalue weighted by Gasteiger charge is -2.24. The van der Waals surface area contributed by atoms with Crippen molar-refractivity contribution < 1.29 is 13.6 Å². The Kier molecular flexibility index (Phi) is 3.79. The fourth-order valence-electron chi connectivity index (χ4n) is 2.53. The third kappa shape index (κ3) is 2.31. The molecule has 2 nitrogen and oxygen atoms in total. The standard InChI is InChI=1S/C13H12ClF2NO/c14-11-7-9(12(15)16)3-4-10(11)13(17-8-18)5-1-2-6-13/h3-4,7,12H,1-2,5-6H2. The van der Waals surface area contributed by atoms with Crippen molar-refractivity contribution in [3.63, 3.8) is 0 Å². The van der Waals surface area contributed by atoms with E-state index < -0.39 is 12.0 Å². The molecule has 5 heteroatoms. The fourth-order valence-corrected chi connectivity index (χ4v) is 2.90. The number of carbonyl (C=O) groups excluding carboxylic acids is 1. The highest BCUT2D eigenvalue weighted by molar-refractivity contribution is 6.31. The lowest BCUT2D eigenvalue weighted by atomic mass is 9.88. The third-order valence-corrected chi connectivity index (χ3v) is 3.75. The molecule has 0 bridgehead atoms. The molecule has 0 saturated heterocycles. The van der Waals surface area contributed by atoms with Gasteiger partial charge in [-0.2, -0.15) is 4.99 Å². The number of alkyl halides is 2. The van der Waals surface area contributed by atoms with E-state index in [0.717, 1.165) is 12.8 Å². The molecule has 0 amide bonds. The maximum absolute atomic E-state index is 12.6. The molecule has 0 aromatic heterocycles. The highest BCUT2D eigenvalue weighted by Crippen LogP contribution is 2.45. The molecule has 0 radical (unpaired) electrons. The van der Waals surface area contributed by atoms with Crippen LogP contribution in [-0.2, 0) is 10.3 Å². The zero-order valence-electron chi connectivity index (χ0n) is 9.63.